The van der Waals surface area contributed by atoms with Gasteiger partial charge in [-0.1, -0.05) is 18.5 Å². The Bertz CT molecular complexity index is 1800. The van der Waals surface area contributed by atoms with E-state index in [2.05, 4.69) is 15.0 Å². The number of likely N-dealkylation sites (tertiary alicyclic amines) is 1. The van der Waals surface area contributed by atoms with E-state index in [4.69, 9.17) is 16.3 Å². The van der Waals surface area contributed by atoms with E-state index in [9.17, 15) is 36.0 Å². The summed E-state index contributed by atoms with van der Waals surface area (Å²) in [5, 5.41) is 2.63. The molecule has 1 aliphatic heterocycles. The van der Waals surface area contributed by atoms with Crippen molar-refractivity contribution in [3.63, 3.8) is 0 Å². The number of nitrogens with zero attached hydrogens (tertiary/aromatic N) is 2. The highest BCUT2D eigenvalue weighted by Gasteiger charge is 2.34. The average molecular weight is 661 g/mol. The summed E-state index contributed by atoms with van der Waals surface area (Å²) in [4.78, 5) is 42.8. The number of carbonyl (C=O) groups excluding carboxylic acids is 1. The van der Waals surface area contributed by atoms with E-state index in [0.29, 0.717) is 24.1 Å². The number of amides is 1. The maximum Gasteiger partial charge on any atom is 0.573 e. The lowest BCUT2D eigenvalue weighted by atomic mass is 10.1. The van der Waals surface area contributed by atoms with Crippen molar-refractivity contribution in [1.82, 2.24) is 19.8 Å². The maximum absolute atomic E-state index is 13.4. The molecule has 1 aromatic heterocycles. The number of aromatic amines is 1. The largest absolute Gasteiger partial charge is 0.573 e. The molecule has 0 bridgehead atoms. The Morgan fingerprint density at radius 1 is 1.11 bits per heavy atom. The Balaban J connectivity index is 1.69. The summed E-state index contributed by atoms with van der Waals surface area (Å²) >= 11 is 6.06. The minimum atomic E-state index is -5.08. The van der Waals surface area contributed by atoms with Crippen LogP contribution in [0.4, 0.5) is 18.0 Å². The maximum atomic E-state index is 13.4. The molecule has 11 nitrogen and oxygen atoms in total. The quantitative estimate of drug-likeness (QED) is 0.367. The van der Waals surface area contributed by atoms with Gasteiger partial charge in [-0.2, -0.15) is 0 Å². The van der Waals surface area contributed by atoms with Crippen molar-refractivity contribution in [2.24, 2.45) is 0 Å². The number of nitrogens with one attached hydrogen (secondary N) is 2. The number of ether oxygens (including phenoxy) is 2. The number of alkyl halides is 3. The molecule has 1 amide bonds. The number of alkyl carbamates (subject to hydrolysis) is 1. The highest BCUT2D eigenvalue weighted by molar-refractivity contribution is 7.91. The molecule has 0 saturated carbocycles. The van der Waals surface area contributed by atoms with Gasteiger partial charge in [0.2, 0.25) is 0 Å². The van der Waals surface area contributed by atoms with Crippen LogP contribution in [0.15, 0.2) is 44.8 Å². The standard InChI is InChI=1S/C28H32ClF3N4O7S/c1-5-44(40,41)23-7-6-18(29)10-17(23)14-36-24(37)20-12-22(42-28(30,31)32)16(11-21(20)34-25(36)38)13-35-9-8-19(15-35)33-26(39)43-27(2,3)4/h6-7,10-12,19H,5,8-9,13-15H2,1-4H3,(H,33,39)(H,34,38)/t19-/m1/s1. The average Bonchev–Trinajstić information content (AvgIpc) is 3.31. The van der Waals surface area contributed by atoms with Gasteiger partial charge < -0.3 is 19.8 Å². The second kappa shape index (κ2) is 12.4. The summed E-state index contributed by atoms with van der Waals surface area (Å²) in [6.07, 6.45) is -5.18. The van der Waals surface area contributed by atoms with Crippen LogP contribution in [-0.4, -0.2) is 65.8 Å². The monoisotopic (exact) mass is 660 g/mol. The molecule has 0 aliphatic carbocycles. The van der Waals surface area contributed by atoms with Crippen LogP contribution >= 0.6 is 11.6 Å². The van der Waals surface area contributed by atoms with E-state index < -0.39 is 51.4 Å². The summed E-state index contributed by atoms with van der Waals surface area (Å²) in [6.45, 7) is 6.80. The van der Waals surface area contributed by atoms with Gasteiger partial charge in [-0.3, -0.25) is 14.3 Å². The van der Waals surface area contributed by atoms with E-state index in [1.54, 1.807) is 25.7 Å². The molecule has 1 atom stereocenters. The van der Waals surface area contributed by atoms with Crippen molar-refractivity contribution >= 4 is 38.4 Å². The summed E-state index contributed by atoms with van der Waals surface area (Å²) in [5.74, 6) is -0.887. The molecule has 3 aromatic rings. The number of aromatic nitrogens is 2. The molecule has 1 saturated heterocycles. The zero-order chi connectivity index (χ0) is 32.6. The predicted octanol–water partition coefficient (Wildman–Crippen LogP) is 4.18. The lowest BCUT2D eigenvalue weighted by Crippen LogP contribution is -2.40. The number of benzene rings is 2. The van der Waals surface area contributed by atoms with Crippen molar-refractivity contribution in [2.45, 2.75) is 70.1 Å². The van der Waals surface area contributed by atoms with Crippen molar-refractivity contribution in [2.75, 3.05) is 18.8 Å². The van der Waals surface area contributed by atoms with Crippen molar-refractivity contribution < 1.29 is 35.9 Å². The molecular weight excluding hydrogens is 629 g/mol. The fourth-order valence-corrected chi connectivity index (χ4v) is 6.23. The van der Waals surface area contributed by atoms with Crippen LogP contribution in [0, 0.1) is 0 Å². The van der Waals surface area contributed by atoms with E-state index >= 15 is 0 Å². The van der Waals surface area contributed by atoms with E-state index in [0.717, 1.165) is 6.07 Å². The van der Waals surface area contributed by atoms with Crippen molar-refractivity contribution in [1.29, 1.82) is 0 Å². The Kier molecular flexibility index (Phi) is 9.43. The van der Waals surface area contributed by atoms with Gasteiger partial charge in [-0.15, -0.1) is 13.2 Å². The SMILES string of the molecule is CCS(=O)(=O)c1ccc(Cl)cc1Cn1c(=O)[nH]c2cc(CN3CC[C@@H](NC(=O)OC(C)(C)C)C3)c(OC(F)(F)F)cc2c1=O. The van der Waals surface area contributed by atoms with Gasteiger partial charge in [0.25, 0.3) is 5.56 Å². The highest BCUT2D eigenvalue weighted by Crippen LogP contribution is 2.31. The lowest BCUT2D eigenvalue weighted by molar-refractivity contribution is -0.274. The normalized spacial score (nSPS) is 16.3. The molecule has 1 aliphatic rings. The third-order valence-electron chi connectivity index (χ3n) is 6.84. The lowest BCUT2D eigenvalue weighted by Gasteiger charge is -2.22. The molecule has 0 radical (unpaired) electrons. The zero-order valence-corrected chi connectivity index (χ0v) is 26.0. The Labute approximate surface area is 255 Å². The summed E-state index contributed by atoms with van der Waals surface area (Å²) < 4.78 is 75.8. The van der Waals surface area contributed by atoms with Crippen LogP contribution in [0.2, 0.25) is 5.02 Å². The van der Waals surface area contributed by atoms with Crippen LogP contribution in [0.25, 0.3) is 10.9 Å². The number of halogens is 4. The number of hydrogen-bond acceptors (Lipinski definition) is 8. The Morgan fingerprint density at radius 3 is 2.45 bits per heavy atom. The number of carbonyl (C=O) groups is 1. The molecule has 16 heteroatoms. The summed E-state index contributed by atoms with van der Waals surface area (Å²) in [5.41, 5.74) is -2.47. The number of rotatable bonds is 8. The first kappa shape index (κ1) is 33.3. The molecular formula is C28H32ClF3N4O7S. The molecule has 2 N–H and O–H groups in total. The number of fused-ring (bicyclic) bond motifs is 1. The molecule has 240 valence electrons. The molecule has 2 heterocycles. The van der Waals surface area contributed by atoms with Gasteiger partial charge in [-0.25, -0.2) is 18.0 Å². The van der Waals surface area contributed by atoms with Gasteiger partial charge in [0.05, 0.1) is 28.1 Å². The smallest absolute Gasteiger partial charge is 0.444 e. The summed E-state index contributed by atoms with van der Waals surface area (Å²) in [6, 6.07) is 5.77. The van der Waals surface area contributed by atoms with Crippen LogP contribution in [0.1, 0.15) is 45.2 Å². The van der Waals surface area contributed by atoms with Gasteiger partial charge in [-0.05, 0) is 63.1 Å². The van der Waals surface area contributed by atoms with E-state index in [1.807, 2.05) is 0 Å². The molecule has 4 rings (SSSR count). The van der Waals surface area contributed by atoms with Crippen molar-refractivity contribution in [3.8, 4) is 5.75 Å². The molecule has 2 aromatic carbocycles. The number of sulfone groups is 1. The number of hydrogen-bond donors (Lipinski definition) is 2. The first-order valence-electron chi connectivity index (χ1n) is 13.6. The van der Waals surface area contributed by atoms with Gasteiger partial charge >= 0.3 is 18.1 Å². The third-order valence-corrected chi connectivity index (χ3v) is 8.91. The van der Waals surface area contributed by atoms with E-state index in [1.165, 1.54) is 31.2 Å². The van der Waals surface area contributed by atoms with Gasteiger partial charge in [0.1, 0.15) is 11.4 Å². The summed E-state index contributed by atoms with van der Waals surface area (Å²) in [7, 11) is -3.76. The molecule has 1 fully saturated rings. The van der Waals surface area contributed by atoms with Crippen LogP contribution in [0.3, 0.4) is 0 Å². The van der Waals surface area contributed by atoms with Crippen LogP contribution in [-0.2, 0) is 27.7 Å². The fourth-order valence-electron chi connectivity index (χ4n) is 4.92. The van der Waals surface area contributed by atoms with E-state index in [-0.39, 0.29) is 50.3 Å². The number of H-pyrrole nitrogens is 1. The Morgan fingerprint density at radius 2 is 1.82 bits per heavy atom. The van der Waals surface area contributed by atoms with Crippen LogP contribution in [0.5, 0.6) is 5.75 Å². The minimum absolute atomic E-state index is 0.0316. The third kappa shape index (κ3) is 8.12. The molecule has 0 spiro atoms. The molecule has 0 unspecified atom stereocenters. The molecule has 44 heavy (non-hydrogen) atoms. The minimum Gasteiger partial charge on any atom is -0.444 e. The van der Waals surface area contributed by atoms with Gasteiger partial charge in [0, 0.05) is 36.3 Å². The fraction of sp³-hybridized carbons (Fsp3) is 0.464. The van der Waals surface area contributed by atoms with Gasteiger partial charge in [0.15, 0.2) is 9.84 Å². The second-order valence-corrected chi connectivity index (χ2v) is 14.1. The first-order chi connectivity index (χ1) is 20.3. The zero-order valence-electron chi connectivity index (χ0n) is 24.4. The highest BCUT2D eigenvalue weighted by atomic mass is 35.5. The predicted molar refractivity (Wildman–Crippen MR) is 157 cm³/mol. The second-order valence-electron chi connectivity index (χ2n) is 11.4. The van der Waals surface area contributed by atoms with Crippen LogP contribution < -0.4 is 21.3 Å². The Hall–Kier alpha value is -3.56. The first-order valence-corrected chi connectivity index (χ1v) is 15.7. The topological polar surface area (TPSA) is 140 Å². The van der Waals surface area contributed by atoms with Crippen molar-refractivity contribution in [3.05, 3.63) is 67.3 Å².